The molecule has 0 heterocycles. The number of ether oxygens (including phenoxy) is 7. The van der Waals surface area contributed by atoms with Crippen LogP contribution in [0.2, 0.25) is 0 Å². The highest BCUT2D eigenvalue weighted by Crippen LogP contribution is 1.90. The van der Waals surface area contributed by atoms with Crippen LogP contribution in [0.1, 0.15) is 123 Å². The molecule has 274 valence electrons. The van der Waals surface area contributed by atoms with Gasteiger partial charge in [-0.25, -0.2) is 0 Å². The highest BCUT2D eigenvalue weighted by atomic mass is 16.6. The lowest BCUT2D eigenvalue weighted by Gasteiger charge is -2.08. The molecule has 0 bridgehead atoms. The Hall–Kier alpha value is -2.24. The standard InChI is InChI=1S/2C6H12O3.C5H10O3.C3H6O2.11CH4/c1-5(4-8-3)9-6(2)7;1-6(7)9-5-3-4-8-2;1-5(6)8-4-3-7-2;1-3(4)5-2;;;;;;;;;;;/h5H,4H2,1-3H3;3-5H2,1-2H3;3-4H2,1-2H3;1-2H3;11*1H4. The van der Waals surface area contributed by atoms with E-state index < -0.39 is 0 Å². The van der Waals surface area contributed by atoms with Crippen LogP contribution in [-0.4, -0.2) is 91.5 Å². The highest BCUT2D eigenvalue weighted by Gasteiger charge is 2.02. The molecule has 0 N–H and O–H groups in total. The second-order valence-electron chi connectivity index (χ2n) is 5.59. The number of methoxy groups -OCH3 is 4. The Bertz CT molecular complexity index is 445. The Labute approximate surface area is 266 Å². The molecule has 1 unspecified atom stereocenters. The van der Waals surface area contributed by atoms with Gasteiger partial charge in [0.25, 0.3) is 0 Å². The first-order valence-electron chi connectivity index (χ1n) is 9.43. The van der Waals surface area contributed by atoms with Gasteiger partial charge in [0.15, 0.2) is 0 Å². The average molecular weight is 633 g/mol. The average Bonchev–Trinajstić information content (AvgIpc) is 2.66. The van der Waals surface area contributed by atoms with Crippen molar-refractivity contribution in [3.63, 3.8) is 0 Å². The molecule has 11 heteroatoms. The van der Waals surface area contributed by atoms with Gasteiger partial charge in [-0.05, 0) is 6.92 Å². The van der Waals surface area contributed by atoms with Crippen LogP contribution in [0.25, 0.3) is 0 Å². The molecule has 42 heavy (non-hydrogen) atoms. The number of carbonyl (C=O) groups excluding carboxylic acids is 4. The zero-order valence-corrected chi connectivity index (χ0v) is 20.3. The molecule has 0 saturated heterocycles. The second kappa shape index (κ2) is 83.3. The van der Waals surface area contributed by atoms with E-state index in [1.807, 2.05) is 0 Å². The van der Waals surface area contributed by atoms with E-state index in [0.29, 0.717) is 33.0 Å². The molecular formula is C31H84O11. The van der Waals surface area contributed by atoms with E-state index in [-0.39, 0.29) is 112 Å². The second-order valence-corrected chi connectivity index (χ2v) is 5.59. The summed E-state index contributed by atoms with van der Waals surface area (Å²) >= 11 is 0. The van der Waals surface area contributed by atoms with Gasteiger partial charge in [0.2, 0.25) is 0 Å². The van der Waals surface area contributed by atoms with Gasteiger partial charge in [-0.2, -0.15) is 0 Å². The number of hydrogen-bond acceptors (Lipinski definition) is 11. The Morgan fingerprint density at radius 3 is 1.05 bits per heavy atom. The molecule has 0 aliphatic heterocycles. The van der Waals surface area contributed by atoms with E-state index in [1.54, 1.807) is 28.3 Å². The Kier molecular flexibility index (Phi) is 193. The zero-order valence-electron chi connectivity index (χ0n) is 20.3. The van der Waals surface area contributed by atoms with Gasteiger partial charge >= 0.3 is 23.9 Å². The van der Waals surface area contributed by atoms with Crippen LogP contribution in [0.15, 0.2) is 0 Å². The SMILES string of the molecule is C.C.C.C.C.C.C.C.C.C.C.COC(C)=O.COCC(C)OC(C)=O.COCCCOC(C)=O.COCCOC(C)=O. The van der Waals surface area contributed by atoms with E-state index >= 15 is 0 Å². The van der Waals surface area contributed by atoms with Crippen LogP contribution in [0.4, 0.5) is 0 Å². The van der Waals surface area contributed by atoms with Crippen molar-refractivity contribution in [3.8, 4) is 0 Å². The number of rotatable bonds is 10. The number of carbonyl (C=O) groups is 4. The Morgan fingerprint density at radius 2 is 0.810 bits per heavy atom. The molecule has 1 atom stereocenters. The minimum atomic E-state index is -0.264. The van der Waals surface area contributed by atoms with E-state index in [2.05, 4.69) is 18.9 Å². The van der Waals surface area contributed by atoms with Crippen molar-refractivity contribution < 1.29 is 52.3 Å². The molecule has 0 rings (SSSR count). The first kappa shape index (κ1) is 97.4. The molecule has 0 saturated carbocycles. The van der Waals surface area contributed by atoms with Crippen molar-refractivity contribution in [2.24, 2.45) is 0 Å². The lowest BCUT2D eigenvalue weighted by molar-refractivity contribution is -0.148. The summed E-state index contributed by atoms with van der Waals surface area (Å²) in [6.07, 6.45) is 0.642. The monoisotopic (exact) mass is 633 g/mol. The molecule has 0 aromatic rings. The summed E-state index contributed by atoms with van der Waals surface area (Å²) in [6.45, 7) is 9.68. The maximum Gasteiger partial charge on any atom is 0.302 e. The van der Waals surface area contributed by atoms with Crippen LogP contribution in [-0.2, 0) is 52.3 Å². The minimum absolute atomic E-state index is 0. The maximum absolute atomic E-state index is 10.3. The van der Waals surface area contributed by atoms with Crippen LogP contribution in [0, 0.1) is 0 Å². The van der Waals surface area contributed by atoms with Gasteiger partial charge in [-0.15, -0.1) is 0 Å². The molecule has 0 aromatic heterocycles. The first-order valence-corrected chi connectivity index (χ1v) is 9.43. The largest absolute Gasteiger partial charge is 0.469 e. The quantitative estimate of drug-likeness (QED) is 0.130. The van der Waals surface area contributed by atoms with E-state index in [4.69, 9.17) is 14.2 Å². The summed E-state index contributed by atoms with van der Waals surface area (Å²) in [7, 11) is 6.10. The van der Waals surface area contributed by atoms with E-state index in [1.165, 1.54) is 34.8 Å². The van der Waals surface area contributed by atoms with Crippen molar-refractivity contribution in [1.82, 2.24) is 0 Å². The number of hydrogen-bond donors (Lipinski definition) is 0. The Balaban J connectivity index is -0.0000000166. The first-order chi connectivity index (χ1) is 14.5. The van der Waals surface area contributed by atoms with Gasteiger partial charge in [0.05, 0.1) is 26.9 Å². The van der Waals surface area contributed by atoms with Crippen molar-refractivity contribution in [1.29, 1.82) is 0 Å². The molecule has 0 fully saturated rings. The molecule has 0 amide bonds. The summed E-state index contributed by atoms with van der Waals surface area (Å²) in [5.41, 5.74) is 0. The third-order valence-corrected chi connectivity index (χ3v) is 2.45. The van der Waals surface area contributed by atoms with Crippen LogP contribution in [0.5, 0.6) is 0 Å². The van der Waals surface area contributed by atoms with Crippen LogP contribution in [0.3, 0.4) is 0 Å². The van der Waals surface area contributed by atoms with Crippen molar-refractivity contribution in [3.05, 3.63) is 0 Å². The van der Waals surface area contributed by atoms with Gasteiger partial charge in [-0.3, -0.25) is 19.2 Å². The van der Waals surface area contributed by atoms with Gasteiger partial charge in [0.1, 0.15) is 12.7 Å². The smallest absolute Gasteiger partial charge is 0.302 e. The zero-order chi connectivity index (χ0) is 25.1. The Morgan fingerprint density at radius 1 is 0.476 bits per heavy atom. The van der Waals surface area contributed by atoms with Gasteiger partial charge < -0.3 is 33.2 Å². The number of esters is 4. The fourth-order valence-electron chi connectivity index (χ4n) is 1.24. The van der Waals surface area contributed by atoms with Crippen molar-refractivity contribution in [2.75, 3.05) is 61.5 Å². The molecule has 0 radical (unpaired) electrons. The highest BCUT2D eigenvalue weighted by molar-refractivity contribution is 5.66. The molecule has 11 nitrogen and oxygen atoms in total. The summed E-state index contributed by atoms with van der Waals surface area (Å²) in [4.78, 5) is 40.0. The summed E-state index contributed by atoms with van der Waals surface area (Å²) in [5, 5.41) is 0. The van der Waals surface area contributed by atoms with Gasteiger partial charge in [-0.1, -0.05) is 81.7 Å². The predicted molar refractivity (Wildman–Crippen MR) is 186 cm³/mol. The lowest BCUT2D eigenvalue weighted by Crippen LogP contribution is -2.17. The van der Waals surface area contributed by atoms with E-state index in [0.717, 1.165) is 6.42 Å². The summed E-state index contributed by atoms with van der Waals surface area (Å²) < 4.78 is 32.1. The summed E-state index contributed by atoms with van der Waals surface area (Å²) in [5.74, 6) is -1.00. The maximum atomic E-state index is 10.3. The molecule has 0 aliphatic rings. The summed E-state index contributed by atoms with van der Waals surface area (Å²) in [6, 6.07) is 0. The van der Waals surface area contributed by atoms with Gasteiger partial charge in [0, 0.05) is 62.1 Å². The third-order valence-electron chi connectivity index (χ3n) is 2.45. The fraction of sp³-hybridized carbons (Fsp3) is 0.871. The molecule has 0 spiro atoms. The van der Waals surface area contributed by atoms with Crippen molar-refractivity contribution >= 4 is 23.9 Å². The molecular weight excluding hydrogens is 548 g/mol. The molecule has 0 aromatic carbocycles. The van der Waals surface area contributed by atoms with E-state index in [9.17, 15) is 19.2 Å². The normalized spacial score (nSPS) is 7.17. The minimum Gasteiger partial charge on any atom is -0.469 e. The van der Waals surface area contributed by atoms with Crippen LogP contribution >= 0.6 is 0 Å². The topological polar surface area (TPSA) is 133 Å². The predicted octanol–water partition coefficient (Wildman–Crippen LogP) is 8.54. The van der Waals surface area contributed by atoms with Crippen molar-refractivity contribution in [2.45, 2.75) is 129 Å². The van der Waals surface area contributed by atoms with Crippen LogP contribution < -0.4 is 0 Å². The molecule has 0 aliphatic carbocycles. The lowest BCUT2D eigenvalue weighted by atomic mass is 10.4. The fourth-order valence-corrected chi connectivity index (χ4v) is 1.24. The third kappa shape index (κ3) is 162.